The fourth-order valence-electron chi connectivity index (χ4n) is 2.58. The van der Waals surface area contributed by atoms with Gasteiger partial charge in [0.1, 0.15) is 0 Å². The Kier molecular flexibility index (Phi) is 4.11. The van der Waals surface area contributed by atoms with Crippen molar-refractivity contribution < 1.29 is 4.74 Å². The van der Waals surface area contributed by atoms with Crippen LogP contribution in [-0.2, 0) is 4.74 Å². The summed E-state index contributed by atoms with van der Waals surface area (Å²) in [6.07, 6.45) is 7.93. The minimum absolute atomic E-state index is 0.0696. The quantitative estimate of drug-likeness (QED) is 0.705. The first-order valence-corrected chi connectivity index (χ1v) is 6.69. The Balaban J connectivity index is 1.97. The number of ether oxygens (including phenoxy) is 1. The van der Waals surface area contributed by atoms with Gasteiger partial charge in [0.05, 0.1) is 18.2 Å². The van der Waals surface area contributed by atoms with Crippen molar-refractivity contribution in [2.24, 2.45) is 10.2 Å². The Morgan fingerprint density at radius 1 is 1.18 bits per heavy atom. The van der Waals surface area contributed by atoms with Gasteiger partial charge in [-0.05, 0) is 32.6 Å². The lowest BCUT2D eigenvalue weighted by atomic mass is 9.95. The molecule has 2 aliphatic rings. The van der Waals surface area contributed by atoms with Crippen molar-refractivity contribution in [2.75, 3.05) is 6.61 Å². The molecule has 0 amide bonds. The molecule has 0 aromatic carbocycles. The van der Waals surface area contributed by atoms with Crippen molar-refractivity contribution in [2.45, 2.75) is 69.6 Å². The standard InChI is InChI=1S/C13H21N3O/c1-13(10-14,12-8-5-9-17-12)16-15-11-6-3-2-4-7-11/h11-12H,2-9H2,1H3. The van der Waals surface area contributed by atoms with Crippen LogP contribution in [0.1, 0.15) is 51.9 Å². The first kappa shape index (κ1) is 12.5. The molecule has 0 radical (unpaired) electrons. The lowest BCUT2D eigenvalue weighted by Gasteiger charge is -2.23. The zero-order valence-corrected chi connectivity index (χ0v) is 10.6. The summed E-state index contributed by atoms with van der Waals surface area (Å²) in [6.45, 7) is 2.59. The van der Waals surface area contributed by atoms with Crippen molar-refractivity contribution >= 4 is 0 Å². The summed E-state index contributed by atoms with van der Waals surface area (Å²) < 4.78 is 5.57. The Labute approximate surface area is 103 Å². The average molecular weight is 235 g/mol. The van der Waals surface area contributed by atoms with E-state index in [1.165, 1.54) is 19.3 Å². The van der Waals surface area contributed by atoms with Gasteiger partial charge < -0.3 is 4.74 Å². The van der Waals surface area contributed by atoms with E-state index >= 15 is 0 Å². The number of hydrogen-bond donors (Lipinski definition) is 0. The molecule has 1 saturated heterocycles. The lowest BCUT2D eigenvalue weighted by molar-refractivity contribution is 0.0712. The molecule has 0 aromatic rings. The van der Waals surface area contributed by atoms with Crippen LogP contribution in [0.15, 0.2) is 10.2 Å². The van der Waals surface area contributed by atoms with Crippen LogP contribution in [0.4, 0.5) is 0 Å². The first-order chi connectivity index (χ1) is 8.24. The summed E-state index contributed by atoms with van der Waals surface area (Å²) in [4.78, 5) is 0. The normalized spacial score (nSPS) is 30.2. The van der Waals surface area contributed by atoms with Gasteiger partial charge in [0, 0.05) is 6.61 Å². The Bertz CT molecular complexity index is 311. The lowest BCUT2D eigenvalue weighted by Crippen LogP contribution is -2.35. The summed E-state index contributed by atoms with van der Waals surface area (Å²) >= 11 is 0. The van der Waals surface area contributed by atoms with E-state index < -0.39 is 5.54 Å². The molecule has 0 N–H and O–H groups in total. The van der Waals surface area contributed by atoms with Crippen LogP contribution in [0.5, 0.6) is 0 Å². The van der Waals surface area contributed by atoms with Crippen LogP contribution >= 0.6 is 0 Å². The van der Waals surface area contributed by atoms with E-state index in [9.17, 15) is 5.26 Å². The number of hydrogen-bond acceptors (Lipinski definition) is 4. The Morgan fingerprint density at radius 3 is 2.53 bits per heavy atom. The average Bonchev–Trinajstić information content (AvgIpc) is 2.92. The van der Waals surface area contributed by atoms with Crippen LogP contribution in [-0.4, -0.2) is 24.3 Å². The molecule has 1 heterocycles. The van der Waals surface area contributed by atoms with Gasteiger partial charge in [0.2, 0.25) is 0 Å². The maximum atomic E-state index is 9.29. The summed E-state index contributed by atoms with van der Waals surface area (Å²) in [5.41, 5.74) is -0.784. The number of nitriles is 1. The largest absolute Gasteiger partial charge is 0.374 e. The third-order valence-electron chi connectivity index (χ3n) is 3.79. The van der Waals surface area contributed by atoms with Crippen molar-refractivity contribution in [3.8, 4) is 6.07 Å². The zero-order chi connectivity index (χ0) is 12.1. The van der Waals surface area contributed by atoms with E-state index in [1.807, 2.05) is 6.92 Å². The van der Waals surface area contributed by atoms with Gasteiger partial charge in [-0.3, -0.25) is 0 Å². The molecule has 17 heavy (non-hydrogen) atoms. The smallest absolute Gasteiger partial charge is 0.190 e. The summed E-state index contributed by atoms with van der Waals surface area (Å²) in [5.74, 6) is 0. The van der Waals surface area contributed by atoms with Crippen molar-refractivity contribution in [1.29, 1.82) is 5.26 Å². The highest BCUT2D eigenvalue weighted by molar-refractivity contribution is 5.09. The minimum Gasteiger partial charge on any atom is -0.374 e. The molecule has 0 bridgehead atoms. The zero-order valence-electron chi connectivity index (χ0n) is 10.6. The SMILES string of the molecule is CC(C#N)(N=NC1CCCCC1)C1CCCO1. The summed E-state index contributed by atoms with van der Waals surface area (Å²) in [7, 11) is 0. The summed E-state index contributed by atoms with van der Waals surface area (Å²) in [6, 6.07) is 2.61. The molecule has 0 aromatic heterocycles. The van der Waals surface area contributed by atoms with Crippen LogP contribution in [0.25, 0.3) is 0 Å². The highest BCUT2D eigenvalue weighted by Crippen LogP contribution is 2.28. The van der Waals surface area contributed by atoms with Crippen molar-refractivity contribution in [3.05, 3.63) is 0 Å². The van der Waals surface area contributed by atoms with Gasteiger partial charge in [-0.25, -0.2) is 0 Å². The van der Waals surface area contributed by atoms with Crippen LogP contribution in [0.3, 0.4) is 0 Å². The number of rotatable bonds is 3. The minimum atomic E-state index is -0.784. The maximum absolute atomic E-state index is 9.29. The van der Waals surface area contributed by atoms with E-state index in [-0.39, 0.29) is 6.10 Å². The Hall–Kier alpha value is -0.950. The monoisotopic (exact) mass is 235 g/mol. The van der Waals surface area contributed by atoms with Crippen molar-refractivity contribution in [3.63, 3.8) is 0 Å². The van der Waals surface area contributed by atoms with Gasteiger partial charge in [0.25, 0.3) is 0 Å². The summed E-state index contributed by atoms with van der Waals surface area (Å²) in [5, 5.41) is 18.0. The van der Waals surface area contributed by atoms with Gasteiger partial charge in [-0.2, -0.15) is 15.5 Å². The molecule has 2 rings (SSSR count). The second-order valence-corrected chi connectivity index (χ2v) is 5.27. The van der Waals surface area contributed by atoms with Crippen molar-refractivity contribution in [1.82, 2.24) is 0 Å². The molecule has 0 spiro atoms. The molecule has 2 fully saturated rings. The second-order valence-electron chi connectivity index (χ2n) is 5.27. The molecule has 1 saturated carbocycles. The molecule has 4 heteroatoms. The molecule has 1 aliphatic carbocycles. The van der Waals surface area contributed by atoms with Crippen LogP contribution in [0, 0.1) is 11.3 Å². The topological polar surface area (TPSA) is 57.7 Å². The van der Waals surface area contributed by atoms with Gasteiger partial charge >= 0.3 is 0 Å². The molecule has 4 nitrogen and oxygen atoms in total. The maximum Gasteiger partial charge on any atom is 0.190 e. The molecule has 1 aliphatic heterocycles. The third-order valence-corrected chi connectivity index (χ3v) is 3.79. The van der Waals surface area contributed by atoms with Gasteiger partial charge in [-0.1, -0.05) is 19.3 Å². The fourth-order valence-corrected chi connectivity index (χ4v) is 2.58. The predicted octanol–water partition coefficient (Wildman–Crippen LogP) is 3.23. The Morgan fingerprint density at radius 2 is 1.94 bits per heavy atom. The van der Waals surface area contributed by atoms with E-state index in [2.05, 4.69) is 16.3 Å². The predicted molar refractivity (Wildman–Crippen MR) is 64.7 cm³/mol. The molecular weight excluding hydrogens is 214 g/mol. The fraction of sp³-hybridized carbons (Fsp3) is 0.923. The number of azo groups is 1. The molecule has 94 valence electrons. The number of nitrogens with zero attached hydrogens (tertiary/aromatic N) is 3. The molecular formula is C13H21N3O. The highest BCUT2D eigenvalue weighted by Gasteiger charge is 2.38. The third kappa shape index (κ3) is 3.04. The van der Waals surface area contributed by atoms with Gasteiger partial charge in [-0.15, -0.1) is 0 Å². The second kappa shape index (κ2) is 5.59. The molecule has 2 unspecified atom stereocenters. The first-order valence-electron chi connectivity index (χ1n) is 6.69. The van der Waals surface area contributed by atoms with Gasteiger partial charge in [0.15, 0.2) is 5.54 Å². The van der Waals surface area contributed by atoms with E-state index in [4.69, 9.17) is 4.74 Å². The van der Waals surface area contributed by atoms with E-state index in [0.29, 0.717) is 6.04 Å². The van der Waals surface area contributed by atoms with Crippen LogP contribution < -0.4 is 0 Å². The van der Waals surface area contributed by atoms with Crippen LogP contribution in [0.2, 0.25) is 0 Å². The highest BCUT2D eigenvalue weighted by atomic mass is 16.5. The molecule has 2 atom stereocenters. The van der Waals surface area contributed by atoms with E-state index in [1.54, 1.807) is 0 Å². The van der Waals surface area contributed by atoms with E-state index in [0.717, 1.165) is 32.3 Å².